The Morgan fingerprint density at radius 3 is 2.57 bits per heavy atom. The molecule has 0 bridgehead atoms. The first-order chi connectivity index (χ1) is 9.88. The molecule has 0 aliphatic rings. The van der Waals surface area contributed by atoms with Crippen molar-refractivity contribution in [1.82, 2.24) is 20.3 Å². The van der Waals surface area contributed by atoms with Crippen molar-refractivity contribution in [3.8, 4) is 0 Å². The lowest BCUT2D eigenvalue weighted by Gasteiger charge is -2.21. The van der Waals surface area contributed by atoms with E-state index in [0.29, 0.717) is 18.3 Å². The van der Waals surface area contributed by atoms with E-state index < -0.39 is 6.04 Å². The summed E-state index contributed by atoms with van der Waals surface area (Å²) in [5.74, 6) is 0.980. The van der Waals surface area contributed by atoms with E-state index in [1.807, 2.05) is 27.9 Å². The molecule has 0 aromatic carbocycles. The minimum atomic E-state index is -0.402. The normalized spacial score (nSPS) is 13.6. The van der Waals surface area contributed by atoms with E-state index in [4.69, 9.17) is 10.5 Å². The molecule has 1 aromatic heterocycles. The van der Waals surface area contributed by atoms with E-state index in [-0.39, 0.29) is 17.8 Å². The van der Waals surface area contributed by atoms with E-state index in [9.17, 15) is 4.79 Å². The van der Waals surface area contributed by atoms with Crippen LogP contribution in [0.15, 0.2) is 0 Å². The fourth-order valence-corrected chi connectivity index (χ4v) is 1.78. The highest BCUT2D eigenvalue weighted by atomic mass is 16.5. The summed E-state index contributed by atoms with van der Waals surface area (Å²) in [6.07, 6.45) is 0.856. The van der Waals surface area contributed by atoms with Crippen LogP contribution in [0.25, 0.3) is 0 Å². The van der Waals surface area contributed by atoms with Crippen LogP contribution >= 0.6 is 0 Å². The molecule has 1 heterocycles. The molecule has 0 spiro atoms. The van der Waals surface area contributed by atoms with Crippen LogP contribution in [0.2, 0.25) is 0 Å². The number of nitrogens with two attached hydrogens (primary N) is 1. The molecule has 0 aliphatic carbocycles. The van der Waals surface area contributed by atoms with Crippen molar-refractivity contribution in [3.63, 3.8) is 0 Å². The van der Waals surface area contributed by atoms with Crippen molar-refractivity contribution in [3.05, 3.63) is 5.82 Å². The number of nitrogens with zero attached hydrogens (tertiary/aromatic N) is 4. The van der Waals surface area contributed by atoms with Gasteiger partial charge in [0.15, 0.2) is 0 Å². The number of carbonyl (C=O) groups excluding carboxylic acids is 1. The highest BCUT2D eigenvalue weighted by Gasteiger charge is 2.24. The first-order valence-corrected chi connectivity index (χ1v) is 6.88. The molecule has 0 amide bonds. The molecule has 2 unspecified atom stereocenters. The number of carbonyl (C=O) groups is 1. The molecule has 0 saturated carbocycles. The molecule has 0 saturated heterocycles. The lowest BCUT2D eigenvalue weighted by molar-refractivity contribution is -0.144. The van der Waals surface area contributed by atoms with Crippen LogP contribution in [0.5, 0.6) is 0 Å². The molecule has 0 aliphatic heterocycles. The first-order valence-electron chi connectivity index (χ1n) is 6.88. The number of nitrogen functional groups attached to an aromatic ring is 1. The van der Waals surface area contributed by atoms with Crippen LogP contribution in [-0.2, 0) is 16.1 Å². The number of esters is 1. The van der Waals surface area contributed by atoms with Crippen LogP contribution in [0, 0.1) is 5.92 Å². The summed E-state index contributed by atoms with van der Waals surface area (Å²) in [5.41, 5.74) is 5.67. The average molecular weight is 296 g/mol. The Bertz CT molecular complexity index is 480. The zero-order valence-corrected chi connectivity index (χ0v) is 13.3. The summed E-state index contributed by atoms with van der Waals surface area (Å²) in [6.45, 7) is 4.33. The van der Waals surface area contributed by atoms with Gasteiger partial charge in [-0.25, -0.2) is 0 Å². The van der Waals surface area contributed by atoms with Crippen molar-refractivity contribution >= 4 is 17.9 Å². The van der Waals surface area contributed by atoms with Gasteiger partial charge < -0.3 is 15.4 Å². The van der Waals surface area contributed by atoms with Crippen molar-refractivity contribution in [2.24, 2.45) is 5.92 Å². The largest absolute Gasteiger partial charge is 0.468 e. The topological polar surface area (TPSA) is 106 Å². The summed E-state index contributed by atoms with van der Waals surface area (Å²) in [5, 5.41) is 3.13. The van der Waals surface area contributed by atoms with Crippen LogP contribution in [0.1, 0.15) is 26.1 Å². The molecule has 1 aromatic rings. The number of ether oxygens (including phenoxy) is 1. The predicted molar refractivity (Wildman–Crippen MR) is 80.7 cm³/mol. The van der Waals surface area contributed by atoms with E-state index in [1.165, 1.54) is 7.11 Å². The van der Waals surface area contributed by atoms with Gasteiger partial charge in [-0.05, 0) is 5.92 Å². The number of hydrogen-bond donors (Lipinski definition) is 2. The summed E-state index contributed by atoms with van der Waals surface area (Å²) in [4.78, 5) is 25.9. The number of rotatable bonds is 7. The Morgan fingerprint density at radius 1 is 1.38 bits per heavy atom. The second-order valence-corrected chi connectivity index (χ2v) is 5.07. The van der Waals surface area contributed by atoms with Gasteiger partial charge in [0.05, 0.1) is 13.7 Å². The summed E-state index contributed by atoms with van der Waals surface area (Å²) >= 11 is 0. The van der Waals surface area contributed by atoms with Gasteiger partial charge >= 0.3 is 5.97 Å². The Hall–Kier alpha value is -1.96. The highest BCUT2D eigenvalue weighted by Crippen LogP contribution is 2.11. The second-order valence-electron chi connectivity index (χ2n) is 5.07. The molecule has 8 heteroatoms. The molecule has 118 valence electrons. The predicted octanol–water partition coefficient (Wildman–Crippen LogP) is 0.197. The Labute approximate surface area is 125 Å². The number of nitrogens with one attached hydrogen (secondary N) is 1. The van der Waals surface area contributed by atoms with Crippen LogP contribution in [0.3, 0.4) is 0 Å². The third-order valence-corrected chi connectivity index (χ3v) is 3.24. The molecule has 0 fully saturated rings. The molecule has 2 atom stereocenters. The summed E-state index contributed by atoms with van der Waals surface area (Å²) in [6, 6.07) is -0.402. The quantitative estimate of drug-likeness (QED) is 0.687. The Morgan fingerprint density at radius 2 is 2.05 bits per heavy atom. The van der Waals surface area contributed by atoms with Gasteiger partial charge in [0.1, 0.15) is 11.9 Å². The molecule has 0 radical (unpaired) electrons. The minimum Gasteiger partial charge on any atom is -0.468 e. The summed E-state index contributed by atoms with van der Waals surface area (Å²) in [7, 11) is 5.02. The molecule has 1 rings (SSSR count). The lowest BCUT2D eigenvalue weighted by atomic mass is 9.99. The second kappa shape index (κ2) is 7.72. The van der Waals surface area contributed by atoms with Crippen molar-refractivity contribution in [1.29, 1.82) is 0 Å². The van der Waals surface area contributed by atoms with Crippen LogP contribution in [-0.4, -0.2) is 48.2 Å². The highest BCUT2D eigenvalue weighted by molar-refractivity contribution is 5.75. The molecular weight excluding hydrogens is 272 g/mol. The van der Waals surface area contributed by atoms with E-state index in [1.54, 1.807) is 4.90 Å². The first kappa shape index (κ1) is 17.1. The maximum absolute atomic E-state index is 11.8. The average Bonchev–Trinajstić information content (AvgIpc) is 2.46. The standard InChI is InChI=1S/C13H24N6O2/c1-6-8(2)10(11(20)21-5)15-7-9-16-12(14)18-13(17-9)19(3)4/h8,10,15H,6-7H2,1-5H3,(H2,14,16,17,18). The smallest absolute Gasteiger partial charge is 0.323 e. The molecular formula is C13H24N6O2. The van der Waals surface area contributed by atoms with Gasteiger partial charge in [0, 0.05) is 14.1 Å². The fourth-order valence-electron chi connectivity index (χ4n) is 1.78. The van der Waals surface area contributed by atoms with Gasteiger partial charge in [-0.2, -0.15) is 15.0 Å². The van der Waals surface area contributed by atoms with Gasteiger partial charge in [0.25, 0.3) is 0 Å². The van der Waals surface area contributed by atoms with E-state index >= 15 is 0 Å². The third kappa shape index (κ3) is 4.82. The molecule has 3 N–H and O–H groups in total. The van der Waals surface area contributed by atoms with Crippen molar-refractivity contribution < 1.29 is 9.53 Å². The monoisotopic (exact) mass is 296 g/mol. The lowest BCUT2D eigenvalue weighted by Crippen LogP contribution is -2.42. The number of methoxy groups -OCH3 is 1. The van der Waals surface area contributed by atoms with Crippen molar-refractivity contribution in [2.75, 3.05) is 31.8 Å². The molecule has 21 heavy (non-hydrogen) atoms. The fraction of sp³-hybridized carbons (Fsp3) is 0.692. The van der Waals surface area contributed by atoms with Gasteiger partial charge in [-0.3, -0.25) is 10.1 Å². The van der Waals surface area contributed by atoms with Crippen LogP contribution < -0.4 is 16.0 Å². The van der Waals surface area contributed by atoms with Crippen LogP contribution in [0.4, 0.5) is 11.9 Å². The Kier molecular flexibility index (Phi) is 6.29. The summed E-state index contributed by atoms with van der Waals surface area (Å²) < 4.78 is 4.82. The Balaban J connectivity index is 2.82. The van der Waals surface area contributed by atoms with Crippen molar-refractivity contribution in [2.45, 2.75) is 32.9 Å². The van der Waals surface area contributed by atoms with Gasteiger partial charge in [0.2, 0.25) is 11.9 Å². The number of aromatic nitrogens is 3. The number of hydrogen-bond acceptors (Lipinski definition) is 8. The third-order valence-electron chi connectivity index (χ3n) is 3.24. The SMILES string of the molecule is CCC(C)C(NCc1nc(N)nc(N(C)C)n1)C(=O)OC. The zero-order chi connectivity index (χ0) is 16.0. The molecule has 8 nitrogen and oxygen atoms in total. The minimum absolute atomic E-state index is 0.143. The van der Waals surface area contributed by atoms with E-state index in [0.717, 1.165) is 6.42 Å². The maximum atomic E-state index is 11.8. The van der Waals surface area contributed by atoms with Gasteiger partial charge in [-0.1, -0.05) is 20.3 Å². The zero-order valence-electron chi connectivity index (χ0n) is 13.3. The van der Waals surface area contributed by atoms with E-state index in [2.05, 4.69) is 20.3 Å². The number of anilines is 2. The van der Waals surface area contributed by atoms with Gasteiger partial charge in [-0.15, -0.1) is 0 Å². The maximum Gasteiger partial charge on any atom is 0.323 e.